The van der Waals surface area contributed by atoms with Gasteiger partial charge in [-0.2, -0.15) is 0 Å². The predicted octanol–water partition coefficient (Wildman–Crippen LogP) is 3.87. The molecule has 3 rings (SSSR count). The zero-order valence-corrected chi connectivity index (χ0v) is 11.5. The Bertz CT molecular complexity index is 751. The van der Waals surface area contributed by atoms with E-state index in [9.17, 15) is 10.2 Å². The van der Waals surface area contributed by atoms with Crippen LogP contribution < -0.4 is 4.74 Å². The lowest BCUT2D eigenvalue weighted by molar-refractivity contribution is 0.303. The van der Waals surface area contributed by atoms with Crippen LogP contribution in [-0.2, 0) is 6.42 Å². The van der Waals surface area contributed by atoms with E-state index in [0.29, 0.717) is 23.1 Å². The summed E-state index contributed by atoms with van der Waals surface area (Å²) < 4.78 is 5.62. The van der Waals surface area contributed by atoms with Crippen molar-refractivity contribution in [3.63, 3.8) is 0 Å². The summed E-state index contributed by atoms with van der Waals surface area (Å²) in [6.07, 6.45) is 0.744. The molecule has 0 saturated carbocycles. The average Bonchev–Trinajstić information content (AvgIpc) is 2.53. The van der Waals surface area contributed by atoms with Gasteiger partial charge in [0, 0.05) is 23.3 Å². The molecule has 0 heterocycles. The summed E-state index contributed by atoms with van der Waals surface area (Å²) in [4.78, 5) is 0. The zero-order valence-electron chi connectivity index (χ0n) is 11.5. The Morgan fingerprint density at radius 2 is 1.48 bits per heavy atom. The number of phenolic OH excluding ortho intramolecular Hbond substituents is 2. The van der Waals surface area contributed by atoms with Crippen LogP contribution in [0.3, 0.4) is 0 Å². The molecule has 3 aromatic rings. The SMILES string of the molecule is Oc1cc(OCCc2ccccc2)c(O)c2ccccc12. The molecule has 0 amide bonds. The minimum Gasteiger partial charge on any atom is -0.507 e. The highest BCUT2D eigenvalue weighted by atomic mass is 16.5. The lowest BCUT2D eigenvalue weighted by Gasteiger charge is -2.11. The third-order valence-electron chi connectivity index (χ3n) is 3.45. The Kier molecular flexibility index (Phi) is 3.65. The second kappa shape index (κ2) is 5.75. The number of rotatable bonds is 4. The molecule has 2 N–H and O–H groups in total. The largest absolute Gasteiger partial charge is 0.507 e. The van der Waals surface area contributed by atoms with Gasteiger partial charge in [0.15, 0.2) is 11.5 Å². The highest BCUT2D eigenvalue weighted by Crippen LogP contribution is 2.39. The van der Waals surface area contributed by atoms with Gasteiger partial charge in [0.25, 0.3) is 0 Å². The lowest BCUT2D eigenvalue weighted by Crippen LogP contribution is -2.01. The fourth-order valence-electron chi connectivity index (χ4n) is 2.35. The first-order chi connectivity index (χ1) is 10.3. The number of benzene rings is 3. The summed E-state index contributed by atoms with van der Waals surface area (Å²) in [5, 5.41) is 21.4. The summed E-state index contributed by atoms with van der Waals surface area (Å²) in [6, 6.07) is 18.6. The standard InChI is InChI=1S/C18H16O3/c19-16-12-17(18(20)15-9-5-4-8-14(15)16)21-11-10-13-6-2-1-3-7-13/h1-9,12,19-20H,10-11H2. The van der Waals surface area contributed by atoms with Gasteiger partial charge in [-0.15, -0.1) is 0 Å². The molecule has 0 radical (unpaired) electrons. The van der Waals surface area contributed by atoms with Gasteiger partial charge in [-0.25, -0.2) is 0 Å². The number of hydrogen-bond acceptors (Lipinski definition) is 3. The van der Waals surface area contributed by atoms with Gasteiger partial charge in [0.05, 0.1) is 6.61 Å². The van der Waals surface area contributed by atoms with E-state index >= 15 is 0 Å². The molecule has 0 bridgehead atoms. The van der Waals surface area contributed by atoms with Crippen molar-refractivity contribution in [1.29, 1.82) is 0 Å². The normalized spacial score (nSPS) is 10.7. The molecule has 0 atom stereocenters. The van der Waals surface area contributed by atoms with Crippen LogP contribution in [0.25, 0.3) is 10.8 Å². The molecule has 0 aliphatic carbocycles. The summed E-state index contributed by atoms with van der Waals surface area (Å²) in [5.41, 5.74) is 1.17. The molecular formula is C18H16O3. The Balaban J connectivity index is 1.80. The summed E-state index contributed by atoms with van der Waals surface area (Å²) in [7, 11) is 0. The molecule has 0 saturated heterocycles. The number of hydrogen-bond donors (Lipinski definition) is 2. The highest BCUT2D eigenvalue weighted by molar-refractivity contribution is 5.95. The second-order valence-corrected chi connectivity index (χ2v) is 4.87. The van der Waals surface area contributed by atoms with E-state index in [-0.39, 0.29) is 11.5 Å². The molecule has 3 nitrogen and oxygen atoms in total. The minimum atomic E-state index is 0.0662. The van der Waals surface area contributed by atoms with Gasteiger partial charge >= 0.3 is 0 Å². The fourth-order valence-corrected chi connectivity index (χ4v) is 2.35. The van der Waals surface area contributed by atoms with Crippen LogP contribution in [0.1, 0.15) is 5.56 Å². The first kappa shape index (κ1) is 13.3. The molecule has 21 heavy (non-hydrogen) atoms. The smallest absolute Gasteiger partial charge is 0.165 e. The van der Waals surface area contributed by atoms with E-state index in [1.165, 1.54) is 11.6 Å². The van der Waals surface area contributed by atoms with E-state index in [1.54, 1.807) is 12.1 Å². The third kappa shape index (κ3) is 2.77. The van der Waals surface area contributed by atoms with Crippen LogP contribution >= 0.6 is 0 Å². The predicted molar refractivity (Wildman–Crippen MR) is 82.9 cm³/mol. The van der Waals surface area contributed by atoms with Crippen LogP contribution in [0, 0.1) is 0 Å². The van der Waals surface area contributed by atoms with Crippen LogP contribution in [-0.4, -0.2) is 16.8 Å². The van der Waals surface area contributed by atoms with Crippen molar-refractivity contribution in [2.45, 2.75) is 6.42 Å². The van der Waals surface area contributed by atoms with Gasteiger partial charge in [-0.3, -0.25) is 0 Å². The Morgan fingerprint density at radius 1 is 0.810 bits per heavy atom. The first-order valence-corrected chi connectivity index (χ1v) is 6.86. The number of aromatic hydroxyl groups is 2. The van der Waals surface area contributed by atoms with Crippen LogP contribution in [0.15, 0.2) is 60.7 Å². The molecule has 0 fully saturated rings. The Labute approximate surface area is 123 Å². The molecule has 0 aromatic heterocycles. The highest BCUT2D eigenvalue weighted by Gasteiger charge is 2.11. The molecular weight excluding hydrogens is 264 g/mol. The fraction of sp³-hybridized carbons (Fsp3) is 0.111. The lowest BCUT2D eigenvalue weighted by atomic mass is 10.1. The Morgan fingerprint density at radius 3 is 2.24 bits per heavy atom. The second-order valence-electron chi connectivity index (χ2n) is 4.87. The summed E-state index contributed by atoms with van der Waals surface area (Å²) >= 11 is 0. The first-order valence-electron chi connectivity index (χ1n) is 6.86. The van der Waals surface area contributed by atoms with Crippen molar-refractivity contribution < 1.29 is 14.9 Å². The molecule has 3 aromatic carbocycles. The zero-order chi connectivity index (χ0) is 14.7. The summed E-state index contributed by atoms with van der Waals surface area (Å²) in [6.45, 7) is 0.440. The van der Waals surface area contributed by atoms with E-state index in [1.807, 2.05) is 42.5 Å². The molecule has 0 spiro atoms. The van der Waals surface area contributed by atoms with Crippen LogP contribution in [0.2, 0.25) is 0 Å². The van der Waals surface area contributed by atoms with E-state index < -0.39 is 0 Å². The quantitative estimate of drug-likeness (QED) is 0.713. The van der Waals surface area contributed by atoms with Gasteiger partial charge in [-0.1, -0.05) is 54.6 Å². The van der Waals surface area contributed by atoms with Gasteiger partial charge in [0.2, 0.25) is 0 Å². The number of ether oxygens (including phenoxy) is 1. The van der Waals surface area contributed by atoms with Crippen molar-refractivity contribution in [1.82, 2.24) is 0 Å². The maximum absolute atomic E-state index is 10.2. The van der Waals surface area contributed by atoms with Gasteiger partial charge < -0.3 is 14.9 Å². The number of fused-ring (bicyclic) bond motifs is 1. The third-order valence-corrected chi connectivity index (χ3v) is 3.45. The summed E-state index contributed by atoms with van der Waals surface area (Å²) in [5.74, 6) is 0.483. The maximum atomic E-state index is 10.2. The molecule has 0 aliphatic heterocycles. The van der Waals surface area contributed by atoms with Crippen LogP contribution in [0.4, 0.5) is 0 Å². The maximum Gasteiger partial charge on any atom is 0.165 e. The Hall–Kier alpha value is -2.68. The monoisotopic (exact) mass is 280 g/mol. The number of phenols is 2. The average molecular weight is 280 g/mol. The molecule has 0 unspecified atom stereocenters. The van der Waals surface area contributed by atoms with Crippen molar-refractivity contribution in [3.05, 3.63) is 66.2 Å². The topological polar surface area (TPSA) is 49.7 Å². The molecule has 3 heteroatoms. The van der Waals surface area contributed by atoms with Gasteiger partial charge in [-0.05, 0) is 5.56 Å². The minimum absolute atomic E-state index is 0.0662. The molecule has 0 aliphatic rings. The van der Waals surface area contributed by atoms with E-state index in [2.05, 4.69) is 0 Å². The molecule has 106 valence electrons. The van der Waals surface area contributed by atoms with Crippen molar-refractivity contribution in [2.24, 2.45) is 0 Å². The van der Waals surface area contributed by atoms with Crippen molar-refractivity contribution >= 4 is 10.8 Å². The van der Waals surface area contributed by atoms with Crippen molar-refractivity contribution in [2.75, 3.05) is 6.61 Å². The van der Waals surface area contributed by atoms with E-state index in [0.717, 1.165) is 6.42 Å². The van der Waals surface area contributed by atoms with Crippen LogP contribution in [0.5, 0.6) is 17.2 Å². The van der Waals surface area contributed by atoms with Gasteiger partial charge in [0.1, 0.15) is 5.75 Å². The van der Waals surface area contributed by atoms with Crippen molar-refractivity contribution in [3.8, 4) is 17.2 Å². The van der Waals surface area contributed by atoms with E-state index in [4.69, 9.17) is 4.74 Å².